The van der Waals surface area contributed by atoms with Crippen molar-refractivity contribution in [3.63, 3.8) is 0 Å². The number of alkyl halides is 3. The molecule has 0 unspecified atom stereocenters. The lowest BCUT2D eigenvalue weighted by Crippen LogP contribution is -2.40. The van der Waals surface area contributed by atoms with Gasteiger partial charge in [-0.2, -0.15) is 0 Å². The molecule has 1 saturated carbocycles. The molecule has 0 aromatic heterocycles. The van der Waals surface area contributed by atoms with E-state index in [9.17, 15) is 23.1 Å². The van der Waals surface area contributed by atoms with Crippen LogP contribution in [0.25, 0.3) is 0 Å². The van der Waals surface area contributed by atoms with Gasteiger partial charge in [0.05, 0.1) is 5.92 Å². The first-order valence-electron chi connectivity index (χ1n) is 14.9. The van der Waals surface area contributed by atoms with Crippen LogP contribution < -0.4 is 9.47 Å². The Morgan fingerprint density at radius 1 is 1.05 bits per heavy atom. The van der Waals surface area contributed by atoms with E-state index in [1.807, 2.05) is 26.8 Å². The molecule has 1 aliphatic carbocycles. The van der Waals surface area contributed by atoms with Crippen molar-refractivity contribution >= 4 is 5.97 Å². The van der Waals surface area contributed by atoms with Gasteiger partial charge in [0.2, 0.25) is 0 Å². The summed E-state index contributed by atoms with van der Waals surface area (Å²) in [4.78, 5) is 14.0. The van der Waals surface area contributed by atoms with Crippen LogP contribution in [0.3, 0.4) is 0 Å². The number of nitrogens with zero attached hydrogens (tertiary/aromatic N) is 1. The van der Waals surface area contributed by atoms with Gasteiger partial charge in [-0.25, -0.2) is 0 Å². The van der Waals surface area contributed by atoms with Gasteiger partial charge >= 0.3 is 12.3 Å². The van der Waals surface area contributed by atoms with Crippen LogP contribution in [0.1, 0.15) is 88.0 Å². The quantitative estimate of drug-likeness (QED) is 0.351. The minimum atomic E-state index is -4.73. The molecule has 2 aromatic rings. The average Bonchev–Trinajstić information content (AvgIpc) is 3.73. The van der Waals surface area contributed by atoms with Gasteiger partial charge in [0.1, 0.15) is 17.6 Å². The van der Waals surface area contributed by atoms with E-state index >= 15 is 0 Å². The Morgan fingerprint density at radius 3 is 2.37 bits per heavy atom. The zero-order chi connectivity index (χ0) is 29.5. The van der Waals surface area contributed by atoms with Gasteiger partial charge in [-0.3, -0.25) is 9.69 Å². The third-order valence-electron chi connectivity index (χ3n) is 9.21. The summed E-state index contributed by atoms with van der Waals surface area (Å²) in [6, 6.07) is 11.3. The van der Waals surface area contributed by atoms with E-state index in [-0.39, 0.29) is 23.2 Å². The van der Waals surface area contributed by atoms with Gasteiger partial charge in [-0.15, -0.1) is 13.2 Å². The first-order valence-corrected chi connectivity index (χ1v) is 14.9. The van der Waals surface area contributed by atoms with Gasteiger partial charge in [0, 0.05) is 12.1 Å². The lowest BCUT2D eigenvalue weighted by Gasteiger charge is -2.38. The molecular formula is C33H42F3NO4. The Labute approximate surface area is 241 Å². The molecule has 0 amide bonds. The molecule has 41 heavy (non-hydrogen) atoms. The van der Waals surface area contributed by atoms with Gasteiger partial charge in [0.15, 0.2) is 0 Å². The summed E-state index contributed by atoms with van der Waals surface area (Å²) in [6.07, 6.45) is 1.20. The third kappa shape index (κ3) is 7.19. The van der Waals surface area contributed by atoms with E-state index in [4.69, 9.17) is 4.74 Å². The van der Waals surface area contributed by atoms with E-state index < -0.39 is 18.2 Å². The van der Waals surface area contributed by atoms with E-state index in [1.54, 1.807) is 13.0 Å². The predicted octanol–water partition coefficient (Wildman–Crippen LogP) is 7.70. The smallest absolute Gasteiger partial charge is 0.490 e. The van der Waals surface area contributed by atoms with Crippen LogP contribution >= 0.6 is 0 Å². The number of carbonyl (C=O) groups is 1. The summed E-state index contributed by atoms with van der Waals surface area (Å²) >= 11 is 0. The van der Waals surface area contributed by atoms with Crippen LogP contribution in [0.5, 0.6) is 11.5 Å². The normalized spacial score (nSPS) is 22.0. The number of carboxylic acids is 1. The van der Waals surface area contributed by atoms with Crippen LogP contribution in [0, 0.1) is 17.8 Å². The SMILES string of the molecule is C[C@H](C(=O)O)[C@H](c1ccc2c(c1)O[C@@H](C1CCN(Cc3cc(C(C)(C)C)ccc3OC(F)(F)F)CC1)CC2)C1CC1. The highest BCUT2D eigenvalue weighted by Gasteiger charge is 2.40. The highest BCUT2D eigenvalue weighted by atomic mass is 19.4. The molecule has 2 heterocycles. The number of likely N-dealkylation sites (tertiary alicyclic amines) is 1. The molecule has 1 saturated heterocycles. The summed E-state index contributed by atoms with van der Waals surface area (Å²) in [5, 5.41) is 9.68. The minimum Gasteiger partial charge on any atom is -0.490 e. The molecular weight excluding hydrogens is 531 g/mol. The molecule has 5 nitrogen and oxygen atoms in total. The Morgan fingerprint density at radius 2 is 1.76 bits per heavy atom. The maximum absolute atomic E-state index is 13.1. The Hall–Kier alpha value is -2.74. The van der Waals surface area contributed by atoms with Gasteiger partial charge in [0.25, 0.3) is 0 Å². The second-order valence-corrected chi connectivity index (χ2v) is 13.3. The van der Waals surface area contributed by atoms with Gasteiger partial charge in [-0.05, 0) is 104 Å². The lowest BCUT2D eigenvalue weighted by atomic mass is 9.81. The Kier molecular flexibility index (Phi) is 8.34. The van der Waals surface area contributed by atoms with Crippen molar-refractivity contribution in [1.82, 2.24) is 4.90 Å². The third-order valence-corrected chi connectivity index (χ3v) is 9.21. The standard InChI is InChI=1S/C33H42F3NO4/c1-20(31(38)39)30(23-6-7-23)24-8-5-21-9-11-27(40-29(21)18-24)22-13-15-37(16-14-22)19-25-17-26(32(2,3)4)10-12-28(25)41-33(34,35)36/h5,8,10,12,17-18,20,22-23,27,30H,6-7,9,11,13-16,19H2,1-4H3,(H,38,39)/t20-,27+,30-/m0/s1. The van der Waals surface area contributed by atoms with E-state index in [1.165, 1.54) is 11.6 Å². The molecule has 8 heteroatoms. The maximum Gasteiger partial charge on any atom is 0.573 e. The zero-order valence-corrected chi connectivity index (χ0v) is 24.5. The number of benzene rings is 2. The molecule has 0 radical (unpaired) electrons. The van der Waals surface area contributed by atoms with Crippen LogP contribution in [0.15, 0.2) is 36.4 Å². The average molecular weight is 574 g/mol. The van der Waals surface area contributed by atoms with Crippen molar-refractivity contribution in [3.8, 4) is 11.5 Å². The first kappa shape index (κ1) is 29.7. The molecule has 2 aliphatic heterocycles. The van der Waals surface area contributed by atoms with Crippen molar-refractivity contribution < 1.29 is 32.5 Å². The van der Waals surface area contributed by atoms with Crippen molar-refractivity contribution in [1.29, 1.82) is 0 Å². The molecule has 224 valence electrons. The number of piperidine rings is 1. The number of aryl methyl sites for hydroxylation is 1. The highest BCUT2D eigenvalue weighted by molar-refractivity contribution is 5.71. The lowest BCUT2D eigenvalue weighted by molar-refractivity contribution is -0.275. The maximum atomic E-state index is 13.1. The molecule has 2 fully saturated rings. The second kappa shape index (κ2) is 11.5. The first-order chi connectivity index (χ1) is 19.3. The van der Waals surface area contributed by atoms with Crippen molar-refractivity contribution in [3.05, 3.63) is 58.7 Å². The molecule has 1 N–H and O–H groups in total. The van der Waals surface area contributed by atoms with Crippen LogP contribution in [0.4, 0.5) is 13.2 Å². The zero-order valence-electron chi connectivity index (χ0n) is 24.5. The summed E-state index contributed by atoms with van der Waals surface area (Å²) in [5.41, 5.74) is 3.59. The fourth-order valence-electron chi connectivity index (χ4n) is 6.64. The topological polar surface area (TPSA) is 59.0 Å². The molecule has 0 spiro atoms. The van der Waals surface area contributed by atoms with E-state index in [0.29, 0.717) is 23.9 Å². The summed E-state index contributed by atoms with van der Waals surface area (Å²) in [6.45, 7) is 9.92. The number of rotatable bonds is 8. The molecule has 2 aromatic carbocycles. The fraction of sp³-hybridized carbons (Fsp3) is 0.606. The summed E-state index contributed by atoms with van der Waals surface area (Å²) in [5.74, 6) is 0.367. The number of carboxylic acid groups (broad SMARTS) is 1. The highest BCUT2D eigenvalue weighted by Crippen LogP contribution is 2.48. The number of hydrogen-bond acceptors (Lipinski definition) is 4. The van der Waals surface area contributed by atoms with Crippen LogP contribution in [0.2, 0.25) is 0 Å². The number of ether oxygens (including phenoxy) is 2. The molecule has 0 bridgehead atoms. The number of halogens is 3. The van der Waals surface area contributed by atoms with Gasteiger partial charge in [-0.1, -0.05) is 52.0 Å². The monoisotopic (exact) mass is 573 g/mol. The predicted molar refractivity (Wildman–Crippen MR) is 151 cm³/mol. The molecule has 5 rings (SSSR count). The molecule has 3 aliphatic rings. The molecule has 3 atom stereocenters. The summed E-state index contributed by atoms with van der Waals surface area (Å²) in [7, 11) is 0. The van der Waals surface area contributed by atoms with E-state index in [0.717, 1.165) is 68.5 Å². The van der Waals surface area contributed by atoms with E-state index in [2.05, 4.69) is 27.8 Å². The van der Waals surface area contributed by atoms with Crippen LogP contribution in [-0.2, 0) is 23.2 Å². The van der Waals surface area contributed by atoms with Crippen LogP contribution in [-0.4, -0.2) is 41.5 Å². The second-order valence-electron chi connectivity index (χ2n) is 13.3. The van der Waals surface area contributed by atoms with Crippen molar-refractivity contribution in [2.45, 2.75) is 96.6 Å². The number of aliphatic carboxylic acids is 1. The summed E-state index contributed by atoms with van der Waals surface area (Å²) < 4.78 is 50.3. The minimum absolute atomic E-state index is 0.00742. The van der Waals surface area contributed by atoms with Gasteiger partial charge < -0.3 is 14.6 Å². The number of fused-ring (bicyclic) bond motifs is 1. The van der Waals surface area contributed by atoms with Crippen molar-refractivity contribution in [2.24, 2.45) is 17.8 Å². The number of hydrogen-bond donors (Lipinski definition) is 1. The van der Waals surface area contributed by atoms with Crippen molar-refractivity contribution in [2.75, 3.05) is 13.1 Å². The Bertz CT molecular complexity index is 1240. The largest absolute Gasteiger partial charge is 0.573 e. The fourth-order valence-corrected chi connectivity index (χ4v) is 6.64. The Balaban J connectivity index is 1.24.